The molecule has 0 aliphatic rings. The van der Waals surface area contributed by atoms with Gasteiger partial charge in [0.15, 0.2) is 0 Å². The van der Waals surface area contributed by atoms with Gasteiger partial charge in [-0.1, -0.05) is 36.4 Å². The average molecular weight is 334 g/mol. The number of aliphatic hydroxyl groups excluding tert-OH is 1. The van der Waals surface area contributed by atoms with Crippen LogP contribution in [0.4, 0.5) is 4.39 Å². The number of likely N-dealkylation sites (N-methyl/N-ethyl adjacent to an activating group) is 1. The number of hydrogen-bond donors (Lipinski definition) is 2. The van der Waals surface area contributed by atoms with Crippen LogP contribution in [0.1, 0.15) is 5.56 Å². The molecule has 0 saturated heterocycles. The van der Waals surface area contributed by atoms with Gasteiger partial charge in [0.05, 0.1) is 20.3 Å². The Morgan fingerprint density at radius 2 is 1.79 bits per heavy atom. The quantitative estimate of drug-likeness (QED) is 0.688. The van der Waals surface area contributed by atoms with Crippen LogP contribution in [0.15, 0.2) is 54.6 Å². The van der Waals surface area contributed by atoms with Crippen molar-refractivity contribution in [3.8, 4) is 5.75 Å². The third kappa shape index (κ3) is 6.66. The molecule has 0 heterocycles. The van der Waals surface area contributed by atoms with Crippen molar-refractivity contribution in [3.63, 3.8) is 0 Å². The topological polar surface area (TPSA) is 43.1 Å². The molecule has 0 aromatic heterocycles. The van der Waals surface area contributed by atoms with Crippen molar-refractivity contribution >= 4 is 0 Å². The Balaban J connectivity index is 1.59. The van der Waals surface area contributed by atoms with Gasteiger partial charge in [-0.25, -0.2) is 4.39 Å². The molecule has 0 fully saturated rings. The summed E-state index contributed by atoms with van der Waals surface area (Å²) in [6.07, 6.45) is -0.589. The van der Waals surface area contributed by atoms with E-state index in [1.165, 1.54) is 6.07 Å². The Morgan fingerprint density at radius 1 is 1.08 bits per heavy atom. The number of quaternary nitrogens is 1. The minimum Gasteiger partial charge on any atom is -0.488 e. The maximum atomic E-state index is 13.4. The number of rotatable bonds is 10. The van der Waals surface area contributed by atoms with Gasteiger partial charge in [-0.15, -0.1) is 0 Å². The molecule has 0 aliphatic carbocycles. The third-order valence-corrected chi connectivity index (χ3v) is 3.65. The average Bonchev–Trinajstić information content (AvgIpc) is 2.57. The molecule has 0 amide bonds. The molecule has 2 aromatic carbocycles. The Hall–Kier alpha value is -1.95. The maximum absolute atomic E-state index is 13.4. The van der Waals surface area contributed by atoms with Crippen LogP contribution in [0.5, 0.6) is 5.75 Å². The molecule has 0 spiro atoms. The Kier molecular flexibility index (Phi) is 7.68. The number of aliphatic hydroxyl groups is 1. The molecule has 0 bridgehead atoms. The van der Waals surface area contributed by atoms with E-state index in [0.717, 1.165) is 17.2 Å². The van der Waals surface area contributed by atoms with Crippen molar-refractivity contribution in [1.82, 2.24) is 0 Å². The van der Waals surface area contributed by atoms with E-state index in [4.69, 9.17) is 9.47 Å². The zero-order chi connectivity index (χ0) is 17.2. The monoisotopic (exact) mass is 334 g/mol. The summed E-state index contributed by atoms with van der Waals surface area (Å²) in [5.74, 6) is 0.562. The highest BCUT2D eigenvalue weighted by Crippen LogP contribution is 2.08. The summed E-state index contributed by atoms with van der Waals surface area (Å²) in [7, 11) is 1.99. The number of hydrogen-bond acceptors (Lipinski definition) is 3. The minimum atomic E-state index is -0.589. The van der Waals surface area contributed by atoms with Crippen LogP contribution in [0.3, 0.4) is 0 Å². The summed E-state index contributed by atoms with van der Waals surface area (Å²) < 4.78 is 24.5. The second-order valence-electron chi connectivity index (χ2n) is 5.83. The number of para-hydroxylation sites is 1. The van der Waals surface area contributed by atoms with Crippen molar-refractivity contribution in [1.29, 1.82) is 0 Å². The minimum absolute atomic E-state index is 0.167. The highest BCUT2D eigenvalue weighted by molar-refractivity contribution is 5.20. The van der Waals surface area contributed by atoms with Crippen LogP contribution in [0.2, 0.25) is 0 Å². The molecular weight excluding hydrogens is 309 g/mol. The lowest BCUT2D eigenvalue weighted by Gasteiger charge is -2.18. The fraction of sp³-hybridized carbons (Fsp3) is 0.368. The van der Waals surface area contributed by atoms with Crippen molar-refractivity contribution in [2.75, 3.05) is 33.4 Å². The zero-order valence-corrected chi connectivity index (χ0v) is 14.0. The van der Waals surface area contributed by atoms with E-state index in [2.05, 4.69) is 0 Å². The summed E-state index contributed by atoms with van der Waals surface area (Å²) in [5.41, 5.74) is 0.502. The predicted molar refractivity (Wildman–Crippen MR) is 90.6 cm³/mol. The zero-order valence-electron chi connectivity index (χ0n) is 14.0. The van der Waals surface area contributed by atoms with Gasteiger partial charge in [0.1, 0.15) is 37.4 Å². The molecule has 5 heteroatoms. The van der Waals surface area contributed by atoms with Gasteiger partial charge < -0.3 is 19.5 Å². The van der Waals surface area contributed by atoms with E-state index in [1.807, 2.05) is 37.4 Å². The molecule has 24 heavy (non-hydrogen) atoms. The summed E-state index contributed by atoms with van der Waals surface area (Å²) in [4.78, 5) is 1.15. The van der Waals surface area contributed by atoms with Gasteiger partial charge in [-0.2, -0.15) is 0 Å². The molecule has 4 nitrogen and oxygen atoms in total. The fourth-order valence-electron chi connectivity index (χ4n) is 2.34. The van der Waals surface area contributed by atoms with Crippen molar-refractivity contribution < 1.29 is 23.9 Å². The standard InChI is InChI=1S/C19H24FNO3/c1-21(11-12-24-18-8-3-2-4-9-18)13-17(22)15-23-14-16-7-5-6-10-19(16)20/h2-10,17,22H,11-15H2,1H3/p+1/t17-/m0/s1. The van der Waals surface area contributed by atoms with Crippen LogP contribution < -0.4 is 9.64 Å². The SMILES string of the molecule is C[NH+](CCOc1ccccc1)C[C@H](O)COCc1ccccc1F. The molecule has 0 radical (unpaired) electrons. The maximum Gasteiger partial charge on any atom is 0.137 e. The Labute approximate surface area is 142 Å². The van der Waals surface area contributed by atoms with E-state index in [0.29, 0.717) is 18.7 Å². The lowest BCUT2D eigenvalue weighted by atomic mass is 10.2. The number of benzene rings is 2. The number of nitrogens with one attached hydrogen (secondary N) is 1. The van der Waals surface area contributed by atoms with E-state index in [1.54, 1.807) is 18.2 Å². The number of halogens is 1. The molecular formula is C19H25FNO3+. The lowest BCUT2D eigenvalue weighted by molar-refractivity contribution is -0.883. The second-order valence-corrected chi connectivity index (χ2v) is 5.83. The second kappa shape index (κ2) is 10.0. The molecule has 130 valence electrons. The summed E-state index contributed by atoms with van der Waals surface area (Å²) in [5, 5.41) is 10.0. The van der Waals surface area contributed by atoms with Crippen molar-refractivity contribution in [2.45, 2.75) is 12.7 Å². The van der Waals surface area contributed by atoms with Gasteiger partial charge in [-0.05, 0) is 18.2 Å². The van der Waals surface area contributed by atoms with Gasteiger partial charge in [0.2, 0.25) is 0 Å². The molecule has 2 rings (SSSR count). The third-order valence-electron chi connectivity index (χ3n) is 3.65. The van der Waals surface area contributed by atoms with E-state index < -0.39 is 6.10 Å². The Bertz CT molecular complexity index is 594. The van der Waals surface area contributed by atoms with Crippen molar-refractivity contribution in [2.24, 2.45) is 0 Å². The molecule has 2 aromatic rings. The summed E-state index contributed by atoms with van der Waals surface area (Å²) in [6.45, 7) is 2.26. The highest BCUT2D eigenvalue weighted by Gasteiger charge is 2.12. The van der Waals surface area contributed by atoms with E-state index >= 15 is 0 Å². The smallest absolute Gasteiger partial charge is 0.137 e. The first-order valence-electron chi connectivity index (χ1n) is 8.13. The van der Waals surface area contributed by atoms with Crippen LogP contribution >= 0.6 is 0 Å². The first-order chi connectivity index (χ1) is 11.6. The van der Waals surface area contributed by atoms with E-state index in [9.17, 15) is 9.50 Å². The van der Waals surface area contributed by atoms with Crippen molar-refractivity contribution in [3.05, 3.63) is 66.0 Å². The first kappa shape index (κ1) is 18.4. The van der Waals surface area contributed by atoms with E-state index in [-0.39, 0.29) is 19.0 Å². The molecule has 0 aliphatic heterocycles. The van der Waals surface area contributed by atoms with Gasteiger partial charge >= 0.3 is 0 Å². The Morgan fingerprint density at radius 3 is 2.54 bits per heavy atom. The number of ether oxygens (including phenoxy) is 2. The summed E-state index contributed by atoms with van der Waals surface area (Å²) in [6, 6.07) is 16.1. The van der Waals surface area contributed by atoms with Crippen LogP contribution in [0.25, 0.3) is 0 Å². The van der Waals surface area contributed by atoms with Crippen LogP contribution in [0, 0.1) is 5.82 Å². The summed E-state index contributed by atoms with van der Waals surface area (Å²) >= 11 is 0. The molecule has 0 saturated carbocycles. The molecule has 1 unspecified atom stereocenters. The van der Waals surface area contributed by atoms with Gasteiger partial charge in [0, 0.05) is 5.56 Å². The normalized spacial score (nSPS) is 13.5. The lowest BCUT2D eigenvalue weighted by Crippen LogP contribution is -3.10. The first-order valence-corrected chi connectivity index (χ1v) is 8.13. The van der Waals surface area contributed by atoms with Gasteiger partial charge in [-0.3, -0.25) is 0 Å². The fourth-order valence-corrected chi connectivity index (χ4v) is 2.34. The van der Waals surface area contributed by atoms with Gasteiger partial charge in [0.25, 0.3) is 0 Å². The predicted octanol–water partition coefficient (Wildman–Crippen LogP) is 1.30. The highest BCUT2D eigenvalue weighted by atomic mass is 19.1. The molecule has 2 N–H and O–H groups in total. The van der Waals surface area contributed by atoms with Crippen LogP contribution in [-0.2, 0) is 11.3 Å². The largest absolute Gasteiger partial charge is 0.488 e. The molecule has 2 atom stereocenters. The van der Waals surface area contributed by atoms with Crippen LogP contribution in [-0.4, -0.2) is 44.6 Å².